The van der Waals surface area contributed by atoms with Gasteiger partial charge in [-0.1, -0.05) is 67.6 Å². The molecule has 5 rings (SSSR count). The molecule has 188 valence electrons. The molecule has 0 saturated carbocycles. The lowest BCUT2D eigenvalue weighted by Gasteiger charge is -2.20. The van der Waals surface area contributed by atoms with E-state index in [1.54, 1.807) is 12.1 Å². The van der Waals surface area contributed by atoms with E-state index >= 15 is 0 Å². The maximum atomic E-state index is 13.6. The number of nitrogens with zero attached hydrogens (tertiary/aromatic N) is 1. The standard InChI is InChI=1S/C31H30N2O3S/c1-3-21-13-9-10-20(2)27(21)32-29(34)28(22-11-5-4-6-12-22)37-24-18-16-23(17-19-24)33-30(35)25-14-7-8-15-26(25)31(33)36/h4-13,16-19,25-26,28H,3,14-15H2,1-2H3,(H,32,34)/t25-,26-,28+/m0/s1. The van der Waals surface area contributed by atoms with Crippen molar-refractivity contribution < 1.29 is 14.4 Å². The number of carbonyl (C=O) groups is 3. The van der Waals surface area contributed by atoms with Gasteiger partial charge >= 0.3 is 0 Å². The molecule has 1 aliphatic heterocycles. The zero-order chi connectivity index (χ0) is 25.9. The number of allylic oxidation sites excluding steroid dienone is 2. The van der Waals surface area contributed by atoms with Gasteiger partial charge in [0, 0.05) is 10.6 Å². The van der Waals surface area contributed by atoms with E-state index in [2.05, 4.69) is 12.2 Å². The van der Waals surface area contributed by atoms with Crippen LogP contribution in [0.2, 0.25) is 0 Å². The molecule has 0 aromatic heterocycles. The number of hydrogen-bond acceptors (Lipinski definition) is 4. The van der Waals surface area contributed by atoms with Crippen LogP contribution in [0.5, 0.6) is 0 Å². The minimum absolute atomic E-state index is 0.0919. The summed E-state index contributed by atoms with van der Waals surface area (Å²) in [5.74, 6) is -0.845. The average molecular weight is 511 g/mol. The summed E-state index contributed by atoms with van der Waals surface area (Å²) in [7, 11) is 0. The Bertz CT molecular complexity index is 1320. The zero-order valence-corrected chi connectivity index (χ0v) is 21.8. The molecule has 0 bridgehead atoms. The van der Waals surface area contributed by atoms with Gasteiger partial charge in [0.25, 0.3) is 0 Å². The highest BCUT2D eigenvalue weighted by atomic mass is 32.2. The van der Waals surface area contributed by atoms with Crippen LogP contribution in [0.1, 0.15) is 41.7 Å². The van der Waals surface area contributed by atoms with E-state index in [-0.39, 0.29) is 29.6 Å². The zero-order valence-electron chi connectivity index (χ0n) is 21.0. The smallest absolute Gasteiger partial charge is 0.242 e. The fourth-order valence-electron chi connectivity index (χ4n) is 5.16. The molecule has 3 atom stereocenters. The maximum absolute atomic E-state index is 13.6. The largest absolute Gasteiger partial charge is 0.324 e. The Morgan fingerprint density at radius 2 is 1.57 bits per heavy atom. The summed E-state index contributed by atoms with van der Waals surface area (Å²) in [5.41, 5.74) is 4.49. The van der Waals surface area contributed by atoms with Crippen LogP contribution in [0, 0.1) is 18.8 Å². The van der Waals surface area contributed by atoms with Crippen molar-refractivity contribution in [2.24, 2.45) is 11.8 Å². The lowest BCUT2D eigenvalue weighted by atomic mass is 9.85. The van der Waals surface area contributed by atoms with E-state index < -0.39 is 5.25 Å². The first-order valence-corrected chi connectivity index (χ1v) is 13.6. The van der Waals surface area contributed by atoms with Crippen molar-refractivity contribution in [2.45, 2.75) is 43.3 Å². The number of fused-ring (bicyclic) bond motifs is 1. The summed E-state index contributed by atoms with van der Waals surface area (Å²) in [6.45, 7) is 4.09. The van der Waals surface area contributed by atoms with Crippen LogP contribution in [0.15, 0.2) is 89.8 Å². The molecule has 0 spiro atoms. The van der Waals surface area contributed by atoms with Gasteiger partial charge in [-0.05, 0) is 67.1 Å². The predicted octanol–water partition coefficient (Wildman–Crippen LogP) is 6.49. The van der Waals surface area contributed by atoms with Crippen molar-refractivity contribution >= 4 is 40.9 Å². The molecule has 5 nitrogen and oxygen atoms in total. The molecule has 1 saturated heterocycles. The molecular weight excluding hydrogens is 480 g/mol. The average Bonchev–Trinajstić information content (AvgIpc) is 3.19. The monoisotopic (exact) mass is 510 g/mol. The van der Waals surface area contributed by atoms with Crippen LogP contribution in [0.3, 0.4) is 0 Å². The van der Waals surface area contributed by atoms with Gasteiger partial charge in [-0.2, -0.15) is 0 Å². The van der Waals surface area contributed by atoms with Gasteiger partial charge in [0.1, 0.15) is 5.25 Å². The summed E-state index contributed by atoms with van der Waals surface area (Å²) in [5, 5.41) is 2.71. The van der Waals surface area contributed by atoms with Gasteiger partial charge in [0.15, 0.2) is 0 Å². The van der Waals surface area contributed by atoms with Gasteiger partial charge in [-0.15, -0.1) is 11.8 Å². The van der Waals surface area contributed by atoms with Gasteiger partial charge < -0.3 is 5.32 Å². The normalized spacial score (nSPS) is 19.6. The number of amides is 3. The van der Waals surface area contributed by atoms with E-state index in [0.717, 1.165) is 33.7 Å². The first-order valence-electron chi connectivity index (χ1n) is 12.7. The second-order valence-electron chi connectivity index (χ2n) is 9.52. The Labute approximate surface area is 222 Å². The molecule has 0 radical (unpaired) electrons. The van der Waals surface area contributed by atoms with Crippen molar-refractivity contribution in [1.82, 2.24) is 0 Å². The second-order valence-corrected chi connectivity index (χ2v) is 10.7. The summed E-state index contributed by atoms with van der Waals surface area (Å²) in [6.07, 6.45) is 6.05. The molecule has 2 aliphatic rings. The Morgan fingerprint density at radius 3 is 2.19 bits per heavy atom. The Hall–Kier alpha value is -3.64. The lowest BCUT2D eigenvalue weighted by molar-refractivity contribution is -0.122. The summed E-state index contributed by atoms with van der Waals surface area (Å²) >= 11 is 1.45. The molecule has 1 aliphatic carbocycles. The van der Waals surface area contributed by atoms with Gasteiger partial charge in [0.2, 0.25) is 17.7 Å². The van der Waals surface area contributed by atoms with Gasteiger partial charge in [0.05, 0.1) is 17.5 Å². The molecule has 37 heavy (non-hydrogen) atoms. The first-order chi connectivity index (χ1) is 18.0. The summed E-state index contributed by atoms with van der Waals surface area (Å²) < 4.78 is 0. The quantitative estimate of drug-likeness (QED) is 0.224. The number of benzene rings is 3. The topological polar surface area (TPSA) is 66.5 Å². The van der Waals surface area contributed by atoms with E-state index in [1.165, 1.54) is 16.7 Å². The van der Waals surface area contributed by atoms with Crippen LogP contribution in [0.25, 0.3) is 0 Å². The SMILES string of the molecule is CCc1cccc(C)c1NC(=O)[C@H](Sc1ccc(N2C(=O)[C@H]3CC=CC[C@@H]3C2=O)cc1)c1ccccc1. The van der Waals surface area contributed by atoms with Crippen molar-refractivity contribution in [3.63, 3.8) is 0 Å². The Balaban J connectivity index is 1.38. The van der Waals surface area contributed by atoms with Crippen LogP contribution in [-0.4, -0.2) is 17.7 Å². The number of thioether (sulfide) groups is 1. The molecule has 1 heterocycles. The van der Waals surface area contributed by atoms with E-state index in [4.69, 9.17) is 0 Å². The minimum atomic E-state index is -0.472. The minimum Gasteiger partial charge on any atom is -0.324 e. The Morgan fingerprint density at radius 1 is 0.919 bits per heavy atom. The predicted molar refractivity (Wildman–Crippen MR) is 149 cm³/mol. The summed E-state index contributed by atoms with van der Waals surface area (Å²) in [6, 6.07) is 23.2. The highest BCUT2D eigenvalue weighted by Gasteiger charge is 2.47. The fraction of sp³-hybridized carbons (Fsp3) is 0.258. The number of hydrogen-bond donors (Lipinski definition) is 1. The summed E-state index contributed by atoms with van der Waals surface area (Å²) in [4.78, 5) is 41.7. The third kappa shape index (κ3) is 4.98. The third-order valence-electron chi connectivity index (χ3n) is 7.19. The molecule has 6 heteroatoms. The fourth-order valence-corrected chi connectivity index (χ4v) is 6.18. The van der Waals surface area contributed by atoms with Crippen LogP contribution in [-0.2, 0) is 20.8 Å². The second kappa shape index (κ2) is 10.8. The number of aryl methyl sites for hydroxylation is 2. The molecule has 1 fully saturated rings. The van der Waals surface area contributed by atoms with E-state index in [0.29, 0.717) is 18.5 Å². The molecule has 1 N–H and O–H groups in total. The molecular formula is C31H30N2O3S. The number of nitrogens with one attached hydrogen (secondary N) is 1. The first kappa shape index (κ1) is 25.0. The maximum Gasteiger partial charge on any atom is 0.242 e. The highest BCUT2D eigenvalue weighted by molar-refractivity contribution is 8.00. The number of imide groups is 1. The van der Waals surface area contributed by atoms with Crippen LogP contribution >= 0.6 is 11.8 Å². The van der Waals surface area contributed by atoms with Gasteiger partial charge in [-0.3, -0.25) is 19.3 Å². The third-order valence-corrected chi connectivity index (χ3v) is 8.45. The van der Waals surface area contributed by atoms with Crippen molar-refractivity contribution in [1.29, 1.82) is 0 Å². The lowest BCUT2D eigenvalue weighted by Crippen LogP contribution is -2.30. The number of carbonyl (C=O) groups excluding carboxylic acids is 3. The Kier molecular flexibility index (Phi) is 7.28. The van der Waals surface area contributed by atoms with Crippen molar-refractivity contribution in [3.05, 3.63) is 102 Å². The molecule has 3 aromatic rings. The number of anilines is 2. The van der Waals surface area contributed by atoms with Crippen molar-refractivity contribution in [3.8, 4) is 0 Å². The van der Waals surface area contributed by atoms with E-state index in [1.807, 2.05) is 79.7 Å². The van der Waals surface area contributed by atoms with Crippen LogP contribution in [0.4, 0.5) is 11.4 Å². The molecule has 0 unspecified atom stereocenters. The van der Waals surface area contributed by atoms with E-state index in [9.17, 15) is 14.4 Å². The molecule has 3 aromatic carbocycles. The van der Waals surface area contributed by atoms with Crippen LogP contribution < -0.4 is 10.2 Å². The van der Waals surface area contributed by atoms with Gasteiger partial charge in [-0.25, -0.2) is 0 Å². The highest BCUT2D eigenvalue weighted by Crippen LogP contribution is 2.40. The molecule has 3 amide bonds. The number of para-hydroxylation sites is 1. The number of rotatable bonds is 7. The van der Waals surface area contributed by atoms with Crippen molar-refractivity contribution in [2.75, 3.05) is 10.2 Å².